The second-order valence-electron chi connectivity index (χ2n) is 6.64. The number of carbonyl (C=O) groups is 1. The summed E-state index contributed by atoms with van der Waals surface area (Å²) in [6.45, 7) is 9.22. The number of piperazine rings is 1. The van der Waals surface area contributed by atoms with Gasteiger partial charge in [-0.3, -0.25) is 14.9 Å². The summed E-state index contributed by atoms with van der Waals surface area (Å²) in [5.74, 6) is 1.66. The lowest BCUT2D eigenvalue weighted by molar-refractivity contribution is 0.108. The second kappa shape index (κ2) is 12.3. The average Bonchev–Trinajstić information content (AvgIpc) is 2.81. The number of pyridine rings is 1. The van der Waals surface area contributed by atoms with Gasteiger partial charge in [0.15, 0.2) is 11.6 Å². The highest BCUT2D eigenvalue weighted by atomic mass is 16.6. The van der Waals surface area contributed by atoms with E-state index in [1.807, 2.05) is 45.0 Å². The first-order chi connectivity index (χ1) is 15.1. The summed E-state index contributed by atoms with van der Waals surface area (Å²) in [6.07, 6.45) is 2.42. The number of carbonyl (C=O) groups excluding carboxylic acids is 1. The Morgan fingerprint density at radius 3 is 2.55 bits per heavy atom. The SMILES string of the molecule is CC.CN=C(C)Oc1cccc(CN2CCN(C(=O)Oc3cncc(C#N)c3)CC2)c1. The summed E-state index contributed by atoms with van der Waals surface area (Å²) >= 11 is 0. The molecule has 1 amide bonds. The van der Waals surface area contributed by atoms with Crippen LogP contribution in [-0.2, 0) is 6.54 Å². The highest BCUT2D eigenvalue weighted by Crippen LogP contribution is 2.17. The molecular weight excluding hydrogens is 394 g/mol. The molecule has 3 rings (SSSR count). The van der Waals surface area contributed by atoms with Crippen LogP contribution in [0.25, 0.3) is 0 Å². The van der Waals surface area contributed by atoms with Gasteiger partial charge in [0.1, 0.15) is 11.8 Å². The molecule has 1 fully saturated rings. The molecule has 1 aromatic carbocycles. The Hall–Kier alpha value is -3.44. The Kier molecular flexibility index (Phi) is 9.46. The first-order valence-corrected chi connectivity index (χ1v) is 10.3. The molecule has 0 spiro atoms. The van der Waals surface area contributed by atoms with E-state index in [-0.39, 0.29) is 5.75 Å². The van der Waals surface area contributed by atoms with Gasteiger partial charge in [0.2, 0.25) is 0 Å². The zero-order chi connectivity index (χ0) is 22.6. The van der Waals surface area contributed by atoms with Gasteiger partial charge < -0.3 is 14.4 Å². The molecule has 1 aliphatic rings. The van der Waals surface area contributed by atoms with Crippen molar-refractivity contribution < 1.29 is 14.3 Å². The molecule has 2 heterocycles. The molecule has 0 atom stereocenters. The fraction of sp³-hybridized carbons (Fsp3) is 0.391. The topological polar surface area (TPSA) is 91.1 Å². The molecule has 1 saturated heterocycles. The van der Waals surface area contributed by atoms with E-state index in [0.717, 1.165) is 30.9 Å². The van der Waals surface area contributed by atoms with Crippen LogP contribution in [0.3, 0.4) is 0 Å². The van der Waals surface area contributed by atoms with E-state index in [0.29, 0.717) is 24.6 Å². The van der Waals surface area contributed by atoms with E-state index in [9.17, 15) is 4.79 Å². The largest absolute Gasteiger partial charge is 0.444 e. The number of rotatable bonds is 4. The lowest BCUT2D eigenvalue weighted by Gasteiger charge is -2.34. The van der Waals surface area contributed by atoms with E-state index < -0.39 is 6.09 Å². The number of nitrogens with zero attached hydrogens (tertiary/aromatic N) is 5. The van der Waals surface area contributed by atoms with Gasteiger partial charge in [0, 0.05) is 59.0 Å². The zero-order valence-electron chi connectivity index (χ0n) is 18.5. The number of hydrogen-bond acceptors (Lipinski definition) is 7. The smallest absolute Gasteiger partial charge is 0.415 e. The number of benzene rings is 1. The van der Waals surface area contributed by atoms with Crippen molar-refractivity contribution in [1.29, 1.82) is 5.26 Å². The summed E-state index contributed by atoms with van der Waals surface area (Å²) < 4.78 is 11.0. The molecule has 0 aliphatic carbocycles. The van der Waals surface area contributed by atoms with Gasteiger partial charge in [-0.2, -0.15) is 5.26 Å². The van der Waals surface area contributed by atoms with Crippen LogP contribution in [0.4, 0.5) is 4.79 Å². The van der Waals surface area contributed by atoms with Gasteiger partial charge in [0.05, 0.1) is 11.8 Å². The van der Waals surface area contributed by atoms with Gasteiger partial charge in [-0.05, 0) is 17.7 Å². The molecule has 1 aromatic heterocycles. The lowest BCUT2D eigenvalue weighted by Crippen LogP contribution is -2.49. The van der Waals surface area contributed by atoms with Crippen LogP contribution >= 0.6 is 0 Å². The minimum Gasteiger partial charge on any atom is -0.444 e. The third-order valence-corrected chi connectivity index (χ3v) is 4.56. The van der Waals surface area contributed by atoms with Crippen molar-refractivity contribution in [3.05, 3.63) is 53.9 Å². The standard InChI is InChI=1S/C21H23N5O3.C2H6/c1-16(23-2)28-19-5-3-4-17(10-19)15-25-6-8-26(9-7-25)21(27)29-20-11-18(12-22)13-24-14-20;1-2/h3-5,10-11,13-14H,6-9,15H2,1-2H3;1-2H3. The van der Waals surface area contributed by atoms with E-state index in [1.165, 1.54) is 18.5 Å². The van der Waals surface area contributed by atoms with E-state index in [2.05, 4.69) is 20.9 Å². The molecular formula is C23H29N5O3. The van der Waals surface area contributed by atoms with Crippen molar-refractivity contribution in [2.45, 2.75) is 27.3 Å². The summed E-state index contributed by atoms with van der Waals surface area (Å²) in [5, 5.41) is 8.91. The quantitative estimate of drug-likeness (QED) is 0.550. The number of aromatic nitrogens is 1. The molecule has 31 heavy (non-hydrogen) atoms. The van der Waals surface area contributed by atoms with Crippen molar-refractivity contribution in [3.63, 3.8) is 0 Å². The molecule has 0 N–H and O–H groups in total. The van der Waals surface area contributed by atoms with Crippen LogP contribution in [0.15, 0.2) is 47.7 Å². The maximum Gasteiger partial charge on any atom is 0.415 e. The fourth-order valence-corrected chi connectivity index (χ4v) is 2.97. The molecule has 164 valence electrons. The molecule has 1 aliphatic heterocycles. The average molecular weight is 424 g/mol. The number of aliphatic imine (C=N–C) groups is 1. The van der Waals surface area contributed by atoms with E-state index in [1.54, 1.807) is 11.9 Å². The molecule has 0 unspecified atom stereocenters. The van der Waals surface area contributed by atoms with Crippen molar-refractivity contribution in [2.24, 2.45) is 4.99 Å². The Morgan fingerprint density at radius 1 is 1.13 bits per heavy atom. The molecule has 8 heteroatoms. The summed E-state index contributed by atoms with van der Waals surface area (Å²) in [5.41, 5.74) is 1.49. The van der Waals surface area contributed by atoms with Crippen LogP contribution in [-0.4, -0.2) is 60.0 Å². The number of amides is 1. The zero-order valence-corrected chi connectivity index (χ0v) is 18.5. The van der Waals surface area contributed by atoms with Crippen LogP contribution < -0.4 is 9.47 Å². The van der Waals surface area contributed by atoms with Gasteiger partial charge >= 0.3 is 6.09 Å². The molecule has 2 aromatic rings. The van der Waals surface area contributed by atoms with Gasteiger partial charge in [-0.15, -0.1) is 0 Å². The van der Waals surface area contributed by atoms with Crippen LogP contribution in [0, 0.1) is 11.3 Å². The number of ether oxygens (including phenoxy) is 2. The minimum absolute atomic E-state index is 0.277. The van der Waals surface area contributed by atoms with Gasteiger partial charge in [-0.25, -0.2) is 4.79 Å². The predicted molar refractivity (Wildman–Crippen MR) is 119 cm³/mol. The van der Waals surface area contributed by atoms with Crippen molar-refractivity contribution in [2.75, 3.05) is 33.2 Å². The summed E-state index contributed by atoms with van der Waals surface area (Å²) in [6, 6.07) is 11.4. The molecule has 0 saturated carbocycles. The third kappa shape index (κ3) is 7.39. The first-order valence-electron chi connectivity index (χ1n) is 10.3. The highest BCUT2D eigenvalue weighted by molar-refractivity contribution is 5.75. The molecule has 0 bridgehead atoms. The number of hydrogen-bond donors (Lipinski definition) is 0. The maximum atomic E-state index is 12.4. The van der Waals surface area contributed by atoms with Gasteiger partial charge in [0.25, 0.3) is 0 Å². The fourth-order valence-electron chi connectivity index (χ4n) is 2.97. The Labute approximate surface area is 183 Å². The third-order valence-electron chi connectivity index (χ3n) is 4.56. The van der Waals surface area contributed by atoms with Gasteiger partial charge in [-0.1, -0.05) is 26.0 Å². The van der Waals surface area contributed by atoms with Crippen molar-refractivity contribution in [1.82, 2.24) is 14.8 Å². The van der Waals surface area contributed by atoms with E-state index in [4.69, 9.17) is 14.7 Å². The number of nitriles is 1. The summed E-state index contributed by atoms with van der Waals surface area (Å²) in [4.78, 5) is 24.2. The minimum atomic E-state index is -0.425. The second-order valence-corrected chi connectivity index (χ2v) is 6.64. The lowest BCUT2D eigenvalue weighted by atomic mass is 10.2. The Bertz CT molecular complexity index is 931. The van der Waals surface area contributed by atoms with E-state index >= 15 is 0 Å². The normalized spacial score (nSPS) is 14.2. The van der Waals surface area contributed by atoms with Crippen molar-refractivity contribution >= 4 is 12.0 Å². The van der Waals surface area contributed by atoms with Crippen LogP contribution in [0.1, 0.15) is 31.9 Å². The molecule has 8 nitrogen and oxygen atoms in total. The van der Waals surface area contributed by atoms with Crippen LogP contribution in [0.2, 0.25) is 0 Å². The predicted octanol–water partition coefficient (Wildman–Crippen LogP) is 3.72. The summed E-state index contributed by atoms with van der Waals surface area (Å²) in [7, 11) is 1.69. The Balaban J connectivity index is 0.00000166. The maximum absolute atomic E-state index is 12.4. The Morgan fingerprint density at radius 2 is 1.87 bits per heavy atom. The first kappa shape index (κ1) is 23.8. The van der Waals surface area contributed by atoms with Crippen LogP contribution in [0.5, 0.6) is 11.5 Å². The monoisotopic (exact) mass is 423 g/mol. The molecule has 0 radical (unpaired) electrons. The highest BCUT2D eigenvalue weighted by Gasteiger charge is 2.23. The van der Waals surface area contributed by atoms with Crippen molar-refractivity contribution in [3.8, 4) is 17.6 Å².